The number of hydrogen-bond donors (Lipinski definition) is 1. The second-order valence-corrected chi connectivity index (χ2v) is 6.64. The molecule has 0 amide bonds. The maximum absolute atomic E-state index is 12.6. The minimum Gasteiger partial charge on any atom is -0.469 e. The second-order valence-electron chi connectivity index (χ2n) is 6.64. The van der Waals surface area contributed by atoms with E-state index in [4.69, 9.17) is 9.47 Å². The lowest BCUT2D eigenvalue weighted by Crippen LogP contribution is -2.55. The van der Waals surface area contributed by atoms with Crippen LogP contribution in [0.25, 0.3) is 0 Å². The first-order chi connectivity index (χ1) is 12.7. The van der Waals surface area contributed by atoms with Crippen LogP contribution in [0.4, 0.5) is 0 Å². The molecule has 4 atom stereocenters. The van der Waals surface area contributed by atoms with Crippen molar-refractivity contribution in [3.05, 3.63) is 35.4 Å². The van der Waals surface area contributed by atoms with Gasteiger partial charge in [0.25, 0.3) is 0 Å². The van der Waals surface area contributed by atoms with Gasteiger partial charge in [0.2, 0.25) is 0 Å². The van der Waals surface area contributed by atoms with Crippen LogP contribution >= 0.6 is 0 Å². The minimum absolute atomic E-state index is 0.263. The Bertz CT molecular complexity index is 749. The molecule has 0 saturated heterocycles. The van der Waals surface area contributed by atoms with E-state index in [0.717, 1.165) is 7.11 Å². The number of esters is 3. The highest BCUT2D eigenvalue weighted by Gasteiger charge is 2.56. The zero-order valence-corrected chi connectivity index (χ0v) is 15.6. The summed E-state index contributed by atoms with van der Waals surface area (Å²) in [7, 11) is 3.56. The van der Waals surface area contributed by atoms with Gasteiger partial charge >= 0.3 is 17.9 Å². The molecular formula is C19H22O8. The van der Waals surface area contributed by atoms with Gasteiger partial charge in [0.15, 0.2) is 5.78 Å². The van der Waals surface area contributed by atoms with Crippen molar-refractivity contribution < 1.29 is 38.5 Å². The van der Waals surface area contributed by atoms with Crippen molar-refractivity contribution in [1.82, 2.24) is 0 Å². The van der Waals surface area contributed by atoms with Crippen molar-refractivity contribution in [3.63, 3.8) is 0 Å². The van der Waals surface area contributed by atoms with Crippen molar-refractivity contribution in [3.8, 4) is 0 Å². The fourth-order valence-corrected chi connectivity index (χ4v) is 3.63. The normalized spacial score (nSPS) is 27.6. The molecule has 0 spiro atoms. The number of carbonyl (C=O) groups is 4. The monoisotopic (exact) mass is 378 g/mol. The van der Waals surface area contributed by atoms with Crippen molar-refractivity contribution >= 4 is 23.7 Å². The largest absolute Gasteiger partial charge is 0.469 e. The standard InChI is InChI=1S/C19H22O8/c1-19(24)9-12(20)14(17(22)26-3)13(15(19)18(23)27-4)10-5-7-11(8-6-10)16(21)25-2/h5-8,13-15,24H,9H2,1-4H3/t13-,14-,15-,19+/m1/s1. The number of ether oxygens (including phenoxy) is 3. The molecule has 0 radical (unpaired) electrons. The Labute approximate surface area is 156 Å². The number of carbonyl (C=O) groups excluding carboxylic acids is 4. The van der Waals surface area contributed by atoms with Crippen LogP contribution in [0, 0.1) is 11.8 Å². The first-order valence-corrected chi connectivity index (χ1v) is 8.27. The van der Waals surface area contributed by atoms with Crippen molar-refractivity contribution in [2.24, 2.45) is 11.8 Å². The van der Waals surface area contributed by atoms with Crippen LogP contribution in [0.5, 0.6) is 0 Å². The average molecular weight is 378 g/mol. The Kier molecular flexibility index (Phi) is 6.00. The van der Waals surface area contributed by atoms with Crippen LogP contribution in [0.15, 0.2) is 24.3 Å². The SMILES string of the molecule is COC(=O)c1ccc([C@@H]2[C@H](C(=O)OC)C(=O)C[C@](C)(O)[C@H]2C(=O)OC)cc1. The maximum Gasteiger partial charge on any atom is 0.337 e. The highest BCUT2D eigenvalue weighted by molar-refractivity contribution is 6.02. The van der Waals surface area contributed by atoms with E-state index < -0.39 is 47.0 Å². The Morgan fingerprint density at radius 1 is 1.00 bits per heavy atom. The van der Waals surface area contributed by atoms with E-state index in [9.17, 15) is 24.3 Å². The predicted octanol–water partition coefficient (Wildman–Crippen LogP) is 0.859. The topological polar surface area (TPSA) is 116 Å². The summed E-state index contributed by atoms with van der Waals surface area (Å²) < 4.78 is 14.2. The number of hydrogen-bond acceptors (Lipinski definition) is 8. The second kappa shape index (κ2) is 7.87. The summed E-state index contributed by atoms with van der Waals surface area (Å²) >= 11 is 0. The molecule has 0 bridgehead atoms. The summed E-state index contributed by atoms with van der Waals surface area (Å²) in [5, 5.41) is 10.7. The quantitative estimate of drug-likeness (QED) is 0.466. The van der Waals surface area contributed by atoms with Gasteiger partial charge in [-0.3, -0.25) is 14.4 Å². The lowest BCUT2D eigenvalue weighted by molar-refractivity contribution is -0.170. The van der Waals surface area contributed by atoms with Crippen LogP contribution in [-0.4, -0.2) is 55.7 Å². The maximum atomic E-state index is 12.6. The Morgan fingerprint density at radius 3 is 2.04 bits per heavy atom. The molecule has 1 aliphatic rings. The van der Waals surface area contributed by atoms with Gasteiger partial charge in [-0.1, -0.05) is 12.1 Å². The fraction of sp³-hybridized carbons (Fsp3) is 0.474. The third-order valence-electron chi connectivity index (χ3n) is 4.89. The first kappa shape index (κ1) is 20.6. The van der Waals surface area contributed by atoms with E-state index in [0.29, 0.717) is 5.56 Å². The molecule has 1 aromatic carbocycles. The van der Waals surface area contributed by atoms with E-state index in [1.165, 1.54) is 45.4 Å². The van der Waals surface area contributed by atoms with E-state index >= 15 is 0 Å². The number of methoxy groups -OCH3 is 3. The van der Waals surface area contributed by atoms with E-state index in [1.807, 2.05) is 0 Å². The molecule has 1 aliphatic carbocycles. The van der Waals surface area contributed by atoms with E-state index in [-0.39, 0.29) is 12.0 Å². The van der Waals surface area contributed by atoms with Crippen LogP contribution in [-0.2, 0) is 28.6 Å². The molecule has 8 nitrogen and oxygen atoms in total. The molecule has 1 saturated carbocycles. The summed E-state index contributed by atoms with van der Waals surface area (Å²) in [5.41, 5.74) is -1.03. The summed E-state index contributed by atoms with van der Waals surface area (Å²) in [5.74, 6) is -6.09. The third-order valence-corrected chi connectivity index (χ3v) is 4.89. The Morgan fingerprint density at radius 2 is 1.56 bits per heavy atom. The minimum atomic E-state index is -1.71. The molecule has 8 heteroatoms. The number of aliphatic hydroxyl groups is 1. The molecule has 0 aromatic heterocycles. The van der Waals surface area contributed by atoms with Crippen molar-refractivity contribution in [1.29, 1.82) is 0 Å². The lowest BCUT2D eigenvalue weighted by Gasteiger charge is -2.43. The number of benzene rings is 1. The van der Waals surface area contributed by atoms with Gasteiger partial charge in [-0.2, -0.15) is 0 Å². The van der Waals surface area contributed by atoms with Gasteiger partial charge in [-0.05, 0) is 24.6 Å². The summed E-state index contributed by atoms with van der Waals surface area (Å²) in [4.78, 5) is 48.9. The Hall–Kier alpha value is -2.74. The zero-order chi connectivity index (χ0) is 20.4. The molecule has 0 aliphatic heterocycles. The van der Waals surface area contributed by atoms with Gasteiger partial charge in [0.1, 0.15) is 5.92 Å². The van der Waals surface area contributed by atoms with Crippen LogP contribution < -0.4 is 0 Å². The molecule has 1 fully saturated rings. The van der Waals surface area contributed by atoms with Crippen molar-refractivity contribution in [2.45, 2.75) is 24.9 Å². The highest BCUT2D eigenvalue weighted by Crippen LogP contribution is 2.46. The molecule has 27 heavy (non-hydrogen) atoms. The number of Topliss-reactive ketones (excluding diaryl/α,β-unsaturated/α-hetero) is 1. The van der Waals surface area contributed by atoms with Crippen LogP contribution in [0.1, 0.15) is 35.2 Å². The number of ketones is 1. The summed E-state index contributed by atoms with van der Waals surface area (Å²) in [6.07, 6.45) is -0.386. The molecule has 0 unspecified atom stereocenters. The van der Waals surface area contributed by atoms with Gasteiger partial charge in [-0.15, -0.1) is 0 Å². The predicted molar refractivity (Wildman–Crippen MR) is 91.8 cm³/mol. The third kappa shape index (κ3) is 3.85. The van der Waals surface area contributed by atoms with Gasteiger partial charge in [-0.25, -0.2) is 4.79 Å². The molecule has 2 rings (SSSR count). The van der Waals surface area contributed by atoms with Gasteiger partial charge in [0.05, 0.1) is 38.4 Å². The van der Waals surface area contributed by atoms with E-state index in [2.05, 4.69) is 4.74 Å². The van der Waals surface area contributed by atoms with E-state index in [1.54, 1.807) is 0 Å². The zero-order valence-electron chi connectivity index (χ0n) is 15.6. The molecule has 1 N–H and O–H groups in total. The average Bonchev–Trinajstić information content (AvgIpc) is 2.65. The fourth-order valence-electron chi connectivity index (χ4n) is 3.63. The molecular weight excluding hydrogens is 356 g/mol. The molecule has 0 heterocycles. The van der Waals surface area contributed by atoms with Gasteiger partial charge in [0, 0.05) is 12.3 Å². The smallest absolute Gasteiger partial charge is 0.337 e. The lowest BCUT2D eigenvalue weighted by atomic mass is 9.61. The Balaban J connectivity index is 2.60. The van der Waals surface area contributed by atoms with Crippen LogP contribution in [0.3, 0.4) is 0 Å². The highest BCUT2D eigenvalue weighted by atomic mass is 16.5. The first-order valence-electron chi connectivity index (χ1n) is 8.27. The number of rotatable bonds is 4. The molecule has 1 aromatic rings. The van der Waals surface area contributed by atoms with Crippen molar-refractivity contribution in [2.75, 3.05) is 21.3 Å². The summed E-state index contributed by atoms with van der Waals surface area (Å²) in [6.45, 7) is 1.36. The van der Waals surface area contributed by atoms with Gasteiger partial charge < -0.3 is 19.3 Å². The van der Waals surface area contributed by atoms with Crippen LogP contribution in [0.2, 0.25) is 0 Å². The molecule has 146 valence electrons. The summed E-state index contributed by atoms with van der Waals surface area (Å²) in [6, 6.07) is 5.93.